The summed E-state index contributed by atoms with van der Waals surface area (Å²) in [5, 5.41) is 12.1. The van der Waals surface area contributed by atoms with Crippen molar-refractivity contribution in [2.45, 2.75) is 25.7 Å². The third-order valence-corrected chi connectivity index (χ3v) is 7.77. The van der Waals surface area contributed by atoms with Gasteiger partial charge in [0.2, 0.25) is 5.91 Å². The van der Waals surface area contributed by atoms with Gasteiger partial charge in [-0.3, -0.25) is 9.59 Å². The zero-order valence-electron chi connectivity index (χ0n) is 19.3. The van der Waals surface area contributed by atoms with Crippen LogP contribution in [0.5, 0.6) is 0 Å². The number of alkyl carbamates (subject to hydrolysis) is 1. The predicted molar refractivity (Wildman–Crippen MR) is 126 cm³/mol. The SMILES string of the molecule is CCC(CNC(=O)OCC1c2ccccc2-c2ccccc21)C(=O)N1CC[C@H]2C(C(=O)O)[C@H]2C1. The zero-order chi connectivity index (χ0) is 23.8. The molecule has 2 aliphatic carbocycles. The molecule has 2 N–H and O–H groups in total. The van der Waals surface area contributed by atoms with Gasteiger partial charge < -0.3 is 20.1 Å². The van der Waals surface area contributed by atoms with Crippen LogP contribution in [-0.4, -0.2) is 54.2 Å². The zero-order valence-corrected chi connectivity index (χ0v) is 19.3. The molecule has 1 heterocycles. The van der Waals surface area contributed by atoms with E-state index in [9.17, 15) is 19.5 Å². The monoisotopic (exact) mass is 462 g/mol. The number of fused-ring (bicyclic) bond motifs is 4. The van der Waals surface area contributed by atoms with Gasteiger partial charge >= 0.3 is 12.1 Å². The number of benzene rings is 2. The lowest BCUT2D eigenvalue weighted by molar-refractivity contribution is -0.140. The number of carboxylic acid groups (broad SMARTS) is 1. The van der Waals surface area contributed by atoms with Crippen molar-refractivity contribution in [3.63, 3.8) is 0 Å². The largest absolute Gasteiger partial charge is 0.481 e. The number of rotatable bonds is 7. The van der Waals surface area contributed by atoms with Crippen LogP contribution in [0.2, 0.25) is 0 Å². The molecule has 5 rings (SSSR count). The number of nitrogens with zero attached hydrogens (tertiary/aromatic N) is 1. The van der Waals surface area contributed by atoms with Crippen molar-refractivity contribution in [2.75, 3.05) is 26.2 Å². The van der Waals surface area contributed by atoms with E-state index in [2.05, 4.69) is 29.6 Å². The lowest BCUT2D eigenvalue weighted by Crippen LogP contribution is -2.44. The number of carbonyl (C=O) groups is 3. The van der Waals surface area contributed by atoms with Crippen molar-refractivity contribution in [3.05, 3.63) is 59.7 Å². The molecule has 2 aromatic carbocycles. The van der Waals surface area contributed by atoms with Gasteiger partial charge in [-0.25, -0.2) is 4.79 Å². The number of ether oxygens (including phenoxy) is 1. The van der Waals surface area contributed by atoms with E-state index in [-0.39, 0.29) is 48.6 Å². The average molecular weight is 463 g/mol. The Morgan fingerprint density at radius 1 is 1.06 bits per heavy atom. The number of hydrogen-bond donors (Lipinski definition) is 2. The van der Waals surface area contributed by atoms with Crippen LogP contribution in [0.25, 0.3) is 11.1 Å². The molecule has 1 saturated heterocycles. The highest BCUT2D eigenvalue weighted by molar-refractivity contribution is 5.81. The van der Waals surface area contributed by atoms with Gasteiger partial charge in [-0.15, -0.1) is 0 Å². The lowest BCUT2D eigenvalue weighted by Gasteiger charge is -2.29. The first kappa shape index (κ1) is 22.4. The number of amides is 2. The predicted octanol–water partition coefficient (Wildman–Crippen LogP) is 3.73. The molecule has 0 radical (unpaired) electrons. The molecule has 3 aliphatic rings. The fourth-order valence-electron chi connectivity index (χ4n) is 5.83. The Balaban J connectivity index is 1.14. The Labute approximate surface area is 199 Å². The third kappa shape index (κ3) is 4.04. The van der Waals surface area contributed by atoms with Crippen LogP contribution in [0.1, 0.15) is 36.8 Å². The average Bonchev–Trinajstić information content (AvgIpc) is 3.50. The molecule has 2 unspecified atom stereocenters. The number of carbonyl (C=O) groups excluding carboxylic acids is 2. The summed E-state index contributed by atoms with van der Waals surface area (Å²) >= 11 is 0. The van der Waals surface area contributed by atoms with Crippen molar-refractivity contribution in [3.8, 4) is 11.1 Å². The van der Waals surface area contributed by atoms with Crippen LogP contribution in [-0.2, 0) is 14.3 Å². The Kier molecular flexibility index (Phi) is 6.02. The molecule has 1 saturated carbocycles. The van der Waals surface area contributed by atoms with Gasteiger partial charge in [-0.05, 0) is 46.9 Å². The van der Waals surface area contributed by atoms with E-state index in [1.165, 1.54) is 11.1 Å². The Morgan fingerprint density at radius 3 is 2.32 bits per heavy atom. The second-order valence-electron chi connectivity index (χ2n) is 9.58. The fraction of sp³-hybridized carbons (Fsp3) is 0.444. The summed E-state index contributed by atoms with van der Waals surface area (Å²) in [4.78, 5) is 38.6. The molecule has 0 spiro atoms. The molecule has 34 heavy (non-hydrogen) atoms. The molecule has 0 aromatic heterocycles. The molecule has 0 bridgehead atoms. The fourth-order valence-corrected chi connectivity index (χ4v) is 5.83. The quantitative estimate of drug-likeness (QED) is 0.654. The number of likely N-dealkylation sites (tertiary alicyclic amines) is 1. The second-order valence-corrected chi connectivity index (χ2v) is 9.58. The first-order valence-corrected chi connectivity index (χ1v) is 12.1. The van der Waals surface area contributed by atoms with Gasteiger partial charge in [0.15, 0.2) is 0 Å². The molecule has 7 nitrogen and oxygen atoms in total. The minimum atomic E-state index is -0.756. The Morgan fingerprint density at radius 2 is 1.71 bits per heavy atom. The van der Waals surface area contributed by atoms with Crippen molar-refractivity contribution in [1.29, 1.82) is 0 Å². The molecule has 2 fully saturated rings. The van der Waals surface area contributed by atoms with Crippen LogP contribution >= 0.6 is 0 Å². The van der Waals surface area contributed by atoms with Crippen molar-refractivity contribution < 1.29 is 24.2 Å². The maximum atomic E-state index is 13.0. The van der Waals surface area contributed by atoms with E-state index >= 15 is 0 Å². The second kappa shape index (κ2) is 9.12. The third-order valence-electron chi connectivity index (χ3n) is 7.77. The van der Waals surface area contributed by atoms with Crippen LogP contribution in [0.15, 0.2) is 48.5 Å². The van der Waals surface area contributed by atoms with E-state index in [1.807, 2.05) is 31.2 Å². The number of piperidine rings is 1. The molecule has 2 amide bonds. The molecule has 1 aliphatic heterocycles. The van der Waals surface area contributed by atoms with Gasteiger partial charge in [-0.1, -0.05) is 55.5 Å². The summed E-state index contributed by atoms with van der Waals surface area (Å²) in [6.07, 6.45) is 0.805. The molecular formula is C27H30N2O5. The minimum Gasteiger partial charge on any atom is -0.481 e. The highest BCUT2D eigenvalue weighted by Crippen LogP contribution is 2.51. The van der Waals surface area contributed by atoms with Crippen LogP contribution < -0.4 is 5.32 Å². The molecular weight excluding hydrogens is 432 g/mol. The van der Waals surface area contributed by atoms with E-state index in [1.54, 1.807) is 4.90 Å². The van der Waals surface area contributed by atoms with Gasteiger partial charge in [-0.2, -0.15) is 0 Å². The van der Waals surface area contributed by atoms with Crippen LogP contribution in [0, 0.1) is 23.7 Å². The summed E-state index contributed by atoms with van der Waals surface area (Å²) in [6.45, 7) is 3.45. The highest BCUT2D eigenvalue weighted by Gasteiger charge is 2.57. The van der Waals surface area contributed by atoms with Gasteiger partial charge in [0.1, 0.15) is 6.61 Å². The highest BCUT2D eigenvalue weighted by atomic mass is 16.5. The number of carboxylic acids is 1. The van der Waals surface area contributed by atoms with Crippen molar-refractivity contribution >= 4 is 18.0 Å². The first-order valence-electron chi connectivity index (χ1n) is 12.1. The molecule has 178 valence electrons. The Hall–Kier alpha value is -3.35. The standard InChI is InChI=1S/C27H30N2O5/c1-2-16(25(30)29-12-11-21-22(14-29)24(21)26(31)32)13-28-27(33)34-15-23-19-9-5-3-7-17(19)18-8-4-6-10-20(18)23/h3-10,16,21-24H,2,11-15H2,1H3,(H,28,33)(H,31,32)/t16?,21-,22+,24?/m1/s1. The van der Waals surface area contributed by atoms with Crippen LogP contribution in [0.4, 0.5) is 4.79 Å². The van der Waals surface area contributed by atoms with E-state index < -0.39 is 12.1 Å². The number of nitrogens with one attached hydrogen (secondary N) is 1. The normalized spacial score (nSPS) is 23.3. The van der Waals surface area contributed by atoms with Crippen molar-refractivity contribution in [1.82, 2.24) is 10.2 Å². The minimum absolute atomic E-state index is 0.0104. The van der Waals surface area contributed by atoms with Crippen molar-refractivity contribution in [2.24, 2.45) is 23.7 Å². The summed E-state index contributed by atoms with van der Waals surface area (Å²) in [5.74, 6) is -1.16. The topological polar surface area (TPSA) is 95.9 Å². The van der Waals surface area contributed by atoms with E-state index in [0.717, 1.165) is 17.5 Å². The van der Waals surface area contributed by atoms with E-state index in [0.29, 0.717) is 19.5 Å². The Bertz CT molecular complexity index is 1070. The van der Waals surface area contributed by atoms with Gasteiger partial charge in [0, 0.05) is 25.6 Å². The maximum absolute atomic E-state index is 13.0. The number of aliphatic carboxylic acids is 1. The van der Waals surface area contributed by atoms with Crippen LogP contribution in [0.3, 0.4) is 0 Å². The maximum Gasteiger partial charge on any atom is 0.407 e. The lowest BCUT2D eigenvalue weighted by atomic mass is 9.98. The summed E-state index contributed by atoms with van der Waals surface area (Å²) in [5.41, 5.74) is 4.66. The van der Waals surface area contributed by atoms with Gasteiger partial charge in [0.05, 0.1) is 11.8 Å². The number of hydrogen-bond acceptors (Lipinski definition) is 4. The summed E-state index contributed by atoms with van der Waals surface area (Å²) in [7, 11) is 0. The van der Waals surface area contributed by atoms with Gasteiger partial charge in [0.25, 0.3) is 0 Å². The molecule has 4 atom stereocenters. The molecule has 2 aromatic rings. The summed E-state index contributed by atoms with van der Waals surface area (Å²) in [6, 6.07) is 16.4. The smallest absolute Gasteiger partial charge is 0.407 e. The molecule has 7 heteroatoms. The first-order chi connectivity index (χ1) is 16.5. The summed E-state index contributed by atoms with van der Waals surface area (Å²) < 4.78 is 5.58. The van der Waals surface area contributed by atoms with E-state index in [4.69, 9.17) is 4.74 Å².